The summed E-state index contributed by atoms with van der Waals surface area (Å²) >= 11 is 0. The normalized spacial score (nSPS) is 18.4. The van der Waals surface area contributed by atoms with Gasteiger partial charge in [-0.25, -0.2) is 9.97 Å². The third-order valence-corrected chi connectivity index (χ3v) is 13.1. The molecule has 71 heavy (non-hydrogen) atoms. The number of aromatic amines is 2. The Kier molecular flexibility index (Phi) is 13.6. The Morgan fingerprint density at radius 3 is 1.56 bits per heavy atom. The number of ether oxygens (including phenoxy) is 3. The largest absolute Gasteiger partial charge is 0.493 e. The van der Waals surface area contributed by atoms with Crippen LogP contribution >= 0.6 is 0 Å². The molecule has 1 fully saturated rings. The first-order valence-corrected chi connectivity index (χ1v) is 23.8. The van der Waals surface area contributed by atoms with Crippen LogP contribution in [0.3, 0.4) is 0 Å². The minimum Gasteiger partial charge on any atom is -0.493 e. The van der Waals surface area contributed by atoms with Crippen LogP contribution in [-0.4, -0.2) is 103 Å². The number of carbonyl (C=O) groups is 1. The number of hydrogen-bond donors (Lipinski definition) is 7. The molecular formula is C58H55N5O8. The molecule has 13 nitrogen and oxygen atoms in total. The van der Waals surface area contributed by atoms with Crippen LogP contribution in [0.1, 0.15) is 45.9 Å². The molecular weight excluding hydrogens is 895 g/mol. The number of amides is 1. The molecule has 1 saturated heterocycles. The fourth-order valence-corrected chi connectivity index (χ4v) is 9.26. The lowest BCUT2D eigenvalue weighted by Gasteiger charge is -2.39. The average molecular weight is 950 g/mol. The Morgan fingerprint density at radius 1 is 0.592 bits per heavy atom. The van der Waals surface area contributed by atoms with Crippen LogP contribution in [0.4, 0.5) is 0 Å². The van der Waals surface area contributed by atoms with Crippen molar-refractivity contribution in [3.63, 3.8) is 0 Å². The molecule has 5 atom stereocenters. The highest BCUT2D eigenvalue weighted by atomic mass is 16.7. The molecule has 1 amide bonds. The first kappa shape index (κ1) is 47.2. The van der Waals surface area contributed by atoms with Crippen molar-refractivity contribution in [1.82, 2.24) is 25.3 Å². The van der Waals surface area contributed by atoms with Gasteiger partial charge in [-0.3, -0.25) is 4.79 Å². The maximum absolute atomic E-state index is 12.7. The molecule has 8 bridgehead atoms. The van der Waals surface area contributed by atoms with Crippen molar-refractivity contribution in [2.24, 2.45) is 0 Å². The maximum Gasteiger partial charge on any atom is 0.246 e. The number of benzene rings is 4. The van der Waals surface area contributed by atoms with E-state index < -0.39 is 49.8 Å². The predicted molar refractivity (Wildman–Crippen MR) is 278 cm³/mol. The molecule has 3 aliphatic heterocycles. The van der Waals surface area contributed by atoms with E-state index in [1.165, 1.54) is 5.56 Å². The summed E-state index contributed by atoms with van der Waals surface area (Å²) in [6, 6.07) is 42.0. The van der Waals surface area contributed by atoms with Gasteiger partial charge in [-0.2, -0.15) is 0 Å². The highest BCUT2D eigenvalue weighted by molar-refractivity contribution is 6.00. The molecule has 3 aromatic heterocycles. The van der Waals surface area contributed by atoms with Gasteiger partial charge >= 0.3 is 0 Å². The molecule has 0 unspecified atom stereocenters. The SMILES string of the molecule is Cc1ccc(-c2c3nc(c(-c4ccccc4OCCCNC(=O)CO[C@H]4O[C@H](CO)[C@@H](O)[C@H](O)[C@H]4O)c4nc(c(-c5ccc(C)cc5)c5ccc([nH]5)c(-c5ccc(C)cc5)c5ccc2[nH]5)C=C4)C=C3)cc1. The lowest BCUT2D eigenvalue weighted by Crippen LogP contribution is -2.59. The van der Waals surface area contributed by atoms with Gasteiger partial charge in [0.25, 0.3) is 0 Å². The van der Waals surface area contributed by atoms with Gasteiger partial charge in [0.1, 0.15) is 36.8 Å². The number of rotatable bonds is 13. The number of nitrogens with zero attached hydrogens (tertiary/aromatic N) is 2. The summed E-state index contributed by atoms with van der Waals surface area (Å²) in [5.41, 5.74) is 17.8. The van der Waals surface area contributed by atoms with E-state index in [0.29, 0.717) is 23.6 Å². The lowest BCUT2D eigenvalue weighted by molar-refractivity contribution is -0.299. The Labute approximate surface area is 410 Å². The zero-order chi connectivity index (χ0) is 49.2. The lowest BCUT2D eigenvalue weighted by atomic mass is 9.99. The highest BCUT2D eigenvalue weighted by Gasteiger charge is 2.44. The zero-order valence-electron chi connectivity index (χ0n) is 39.6. The van der Waals surface area contributed by atoms with Crippen LogP contribution in [-0.2, 0) is 14.3 Å². The third kappa shape index (κ3) is 9.84. The van der Waals surface area contributed by atoms with Crippen LogP contribution < -0.4 is 10.1 Å². The van der Waals surface area contributed by atoms with Gasteiger partial charge in [0, 0.05) is 56.4 Å². The van der Waals surface area contributed by atoms with Gasteiger partial charge in [-0.15, -0.1) is 0 Å². The number of hydrogen-bond acceptors (Lipinski definition) is 10. The summed E-state index contributed by atoms with van der Waals surface area (Å²) in [6.45, 7) is 5.67. The number of para-hydroxylation sites is 1. The van der Waals surface area contributed by atoms with Crippen LogP contribution in [0.2, 0.25) is 0 Å². The van der Waals surface area contributed by atoms with Crippen molar-refractivity contribution in [3.05, 3.63) is 161 Å². The summed E-state index contributed by atoms with van der Waals surface area (Å²) < 4.78 is 17.3. The standard InChI is InChI=1S/C58H55N5O8/c1-33-9-15-36(16-10-33)51-40-21-23-42(60-40)52(37-17-11-34(2)12-18-37)44-25-27-46(62-44)54(47-28-26-45(63-47)53(43-24-22-41(51)61-43)38-19-13-35(3)14-20-38)39-7-4-5-8-48(39)69-30-6-29-59-50(65)32-70-58-57(68)56(67)55(66)49(31-64)71-58/h4-5,7-28,49,55-58,60-61,64,66-68H,6,29-32H2,1-3H3,(H,59,65)/t49-,55-,56+,57-,58+/m1/s1. The number of aromatic nitrogens is 4. The van der Waals surface area contributed by atoms with E-state index in [0.717, 1.165) is 89.1 Å². The second kappa shape index (κ2) is 20.5. The Morgan fingerprint density at radius 2 is 1.06 bits per heavy atom. The average Bonchev–Trinajstić information content (AvgIpc) is 4.24. The summed E-state index contributed by atoms with van der Waals surface area (Å²) in [5.74, 6) is 0.121. The van der Waals surface area contributed by atoms with Crippen molar-refractivity contribution in [3.8, 4) is 50.3 Å². The molecule has 3 aliphatic rings. The molecule has 0 spiro atoms. The number of H-pyrrole nitrogens is 2. The predicted octanol–water partition coefficient (Wildman–Crippen LogP) is 8.95. The fourth-order valence-electron chi connectivity index (χ4n) is 9.26. The number of aliphatic hydroxyl groups excluding tert-OH is 4. The second-order valence-electron chi connectivity index (χ2n) is 18.2. The quantitative estimate of drug-likeness (QED) is 0.0549. The van der Waals surface area contributed by atoms with E-state index in [9.17, 15) is 25.2 Å². The van der Waals surface area contributed by atoms with Crippen LogP contribution in [0, 0.1) is 20.8 Å². The highest BCUT2D eigenvalue weighted by Crippen LogP contribution is 2.41. The molecule has 6 heterocycles. The van der Waals surface area contributed by atoms with Crippen molar-refractivity contribution < 1.29 is 39.4 Å². The van der Waals surface area contributed by atoms with Crippen molar-refractivity contribution in [1.29, 1.82) is 0 Å². The molecule has 0 aliphatic carbocycles. The first-order valence-electron chi connectivity index (χ1n) is 23.8. The molecule has 10 rings (SSSR count). The molecule has 0 saturated carbocycles. The molecule has 7 N–H and O–H groups in total. The van der Waals surface area contributed by atoms with Crippen molar-refractivity contribution >= 4 is 52.3 Å². The molecule has 13 heteroatoms. The minimum atomic E-state index is -1.61. The molecule has 360 valence electrons. The Balaban J connectivity index is 1.06. The number of aryl methyl sites for hydroxylation is 3. The second-order valence-corrected chi connectivity index (χ2v) is 18.2. The van der Waals surface area contributed by atoms with Crippen LogP contribution in [0.5, 0.6) is 5.75 Å². The van der Waals surface area contributed by atoms with Crippen LogP contribution in [0.15, 0.2) is 121 Å². The molecule has 0 radical (unpaired) electrons. The van der Waals surface area contributed by atoms with Gasteiger partial charge in [-0.1, -0.05) is 108 Å². The monoisotopic (exact) mass is 949 g/mol. The van der Waals surface area contributed by atoms with E-state index in [2.05, 4.69) is 145 Å². The number of aliphatic hydroxyl groups is 4. The van der Waals surface area contributed by atoms with E-state index >= 15 is 0 Å². The van der Waals surface area contributed by atoms with Gasteiger partial charge in [0.15, 0.2) is 6.29 Å². The number of nitrogens with one attached hydrogen (secondary N) is 3. The van der Waals surface area contributed by atoms with E-state index in [1.54, 1.807) is 0 Å². The third-order valence-electron chi connectivity index (χ3n) is 13.1. The smallest absolute Gasteiger partial charge is 0.246 e. The van der Waals surface area contributed by atoms with E-state index in [4.69, 9.17) is 24.2 Å². The van der Waals surface area contributed by atoms with Gasteiger partial charge < -0.3 is 49.9 Å². The van der Waals surface area contributed by atoms with Gasteiger partial charge in [0.05, 0.1) is 36.0 Å². The Bertz CT molecular complexity index is 3180. The number of carbonyl (C=O) groups excluding carboxylic acids is 1. The van der Waals surface area contributed by atoms with Crippen LogP contribution in [0.25, 0.3) is 90.9 Å². The summed E-state index contributed by atoms with van der Waals surface area (Å²) in [7, 11) is 0. The van der Waals surface area contributed by atoms with E-state index in [-0.39, 0.29) is 13.2 Å². The van der Waals surface area contributed by atoms with Gasteiger partial charge in [-0.05, 0) is 98.5 Å². The summed E-state index contributed by atoms with van der Waals surface area (Å²) in [6.07, 6.45) is 1.35. The first-order chi connectivity index (χ1) is 34.5. The molecule has 7 aromatic rings. The van der Waals surface area contributed by atoms with E-state index in [1.807, 2.05) is 36.4 Å². The topological polar surface area (TPSA) is 195 Å². The van der Waals surface area contributed by atoms with Crippen molar-refractivity contribution in [2.75, 3.05) is 26.4 Å². The number of fused-ring (bicyclic) bond motifs is 8. The fraction of sp³-hybridized carbons (Fsp3) is 0.224. The minimum absolute atomic E-state index is 0.248. The summed E-state index contributed by atoms with van der Waals surface area (Å²) in [5, 5.41) is 42.7. The summed E-state index contributed by atoms with van der Waals surface area (Å²) in [4.78, 5) is 31.3. The zero-order valence-corrected chi connectivity index (χ0v) is 39.6. The molecule has 4 aromatic carbocycles. The van der Waals surface area contributed by atoms with Gasteiger partial charge in [0.2, 0.25) is 5.91 Å². The van der Waals surface area contributed by atoms with Crippen molar-refractivity contribution in [2.45, 2.75) is 57.9 Å². The maximum atomic E-state index is 12.7. The Hall–Kier alpha value is -7.49.